The van der Waals surface area contributed by atoms with E-state index in [1.54, 1.807) is 0 Å². The van der Waals surface area contributed by atoms with Crippen molar-refractivity contribution in [3.63, 3.8) is 0 Å². The molecule has 0 spiro atoms. The molecule has 6 rings (SSSR count). The minimum atomic E-state index is -0.117. The molecule has 5 heteroatoms. The van der Waals surface area contributed by atoms with E-state index >= 15 is 0 Å². The lowest BCUT2D eigenvalue weighted by Crippen LogP contribution is -2.57. The van der Waals surface area contributed by atoms with Gasteiger partial charge < -0.3 is 19.4 Å². The second kappa shape index (κ2) is 8.75. The molecule has 1 aromatic heterocycles. The lowest BCUT2D eigenvalue weighted by molar-refractivity contribution is 0.0607. The van der Waals surface area contributed by atoms with Crippen LogP contribution in [0.2, 0.25) is 0 Å². The largest absolute Gasteiger partial charge is 0.493 e. The summed E-state index contributed by atoms with van der Waals surface area (Å²) in [6.07, 6.45) is 4.45. The molecule has 2 bridgehead atoms. The fraction of sp³-hybridized carbons (Fsp3) is 0.423. The molecule has 1 N–H and O–H groups in total. The molecular formula is C26H30N2O3. The van der Waals surface area contributed by atoms with Crippen LogP contribution in [-0.4, -0.2) is 43.1 Å². The number of unbranched alkanes of at least 4 members (excludes halogenated alkanes) is 1. The normalized spacial score (nSPS) is 22.5. The molecular weight excluding hydrogens is 388 g/mol. The smallest absolute Gasteiger partial charge is 0.287 e. The zero-order valence-electron chi connectivity index (χ0n) is 18.1. The van der Waals surface area contributed by atoms with Crippen LogP contribution in [0.25, 0.3) is 22.1 Å². The Kier molecular flexibility index (Phi) is 5.68. The Morgan fingerprint density at radius 1 is 1.13 bits per heavy atom. The summed E-state index contributed by atoms with van der Waals surface area (Å²) in [6, 6.07) is 16.1. The van der Waals surface area contributed by atoms with Gasteiger partial charge in [-0.05, 0) is 50.4 Å². The van der Waals surface area contributed by atoms with Gasteiger partial charge in [-0.3, -0.25) is 4.79 Å². The first-order valence-electron chi connectivity index (χ1n) is 11.5. The second-order valence-electron chi connectivity index (χ2n) is 8.75. The molecule has 1 atom stereocenters. The Bertz CT molecular complexity index is 1070. The summed E-state index contributed by atoms with van der Waals surface area (Å²) < 4.78 is 12.2. The van der Waals surface area contributed by atoms with Crippen molar-refractivity contribution < 1.29 is 13.9 Å². The average molecular weight is 419 g/mol. The van der Waals surface area contributed by atoms with Crippen molar-refractivity contribution in [2.45, 2.75) is 38.6 Å². The molecule has 3 fully saturated rings. The van der Waals surface area contributed by atoms with E-state index in [0.29, 0.717) is 18.3 Å². The van der Waals surface area contributed by atoms with E-state index in [1.807, 2.05) is 48.5 Å². The number of amides is 1. The van der Waals surface area contributed by atoms with Crippen molar-refractivity contribution in [2.75, 3.05) is 26.2 Å². The highest BCUT2D eigenvalue weighted by Gasteiger charge is 2.35. The molecule has 0 radical (unpaired) electrons. The lowest BCUT2D eigenvalue weighted by atomic mass is 9.84. The van der Waals surface area contributed by atoms with Gasteiger partial charge in [0, 0.05) is 29.1 Å². The van der Waals surface area contributed by atoms with Crippen LogP contribution in [0, 0.1) is 5.92 Å². The molecule has 0 aliphatic carbocycles. The summed E-state index contributed by atoms with van der Waals surface area (Å²) in [5.74, 6) is 1.69. The minimum Gasteiger partial charge on any atom is -0.493 e. The topological polar surface area (TPSA) is 54.7 Å². The van der Waals surface area contributed by atoms with Gasteiger partial charge in [0.15, 0.2) is 5.76 Å². The molecule has 162 valence electrons. The number of piperidine rings is 3. The highest BCUT2D eigenvalue weighted by Crippen LogP contribution is 2.36. The average Bonchev–Trinajstić information content (AvgIpc) is 3.25. The van der Waals surface area contributed by atoms with Crippen molar-refractivity contribution >= 4 is 16.9 Å². The maximum atomic E-state index is 13.0. The summed E-state index contributed by atoms with van der Waals surface area (Å²) in [5, 5.41) is 4.16. The fourth-order valence-corrected chi connectivity index (χ4v) is 4.90. The van der Waals surface area contributed by atoms with Gasteiger partial charge in [-0.2, -0.15) is 0 Å². The summed E-state index contributed by atoms with van der Waals surface area (Å²) in [5.41, 5.74) is 2.67. The van der Waals surface area contributed by atoms with Crippen LogP contribution in [0.15, 0.2) is 52.9 Å². The van der Waals surface area contributed by atoms with Gasteiger partial charge in [-0.25, -0.2) is 0 Å². The number of carbonyl (C=O) groups is 1. The van der Waals surface area contributed by atoms with E-state index in [4.69, 9.17) is 9.15 Å². The second-order valence-corrected chi connectivity index (χ2v) is 8.75. The van der Waals surface area contributed by atoms with Crippen molar-refractivity contribution in [3.05, 3.63) is 54.3 Å². The number of ether oxygens (including phenoxy) is 1. The van der Waals surface area contributed by atoms with Crippen molar-refractivity contribution in [1.82, 2.24) is 10.2 Å². The highest BCUT2D eigenvalue weighted by atomic mass is 16.5. The third kappa shape index (κ3) is 4.07. The van der Waals surface area contributed by atoms with Crippen molar-refractivity contribution in [1.29, 1.82) is 0 Å². The highest BCUT2D eigenvalue weighted by molar-refractivity contribution is 6.00. The summed E-state index contributed by atoms with van der Waals surface area (Å²) in [7, 11) is 0. The van der Waals surface area contributed by atoms with E-state index in [1.165, 1.54) is 12.8 Å². The molecule has 0 unspecified atom stereocenters. The number of fused-ring (bicyclic) bond motifs is 4. The van der Waals surface area contributed by atoms with Crippen LogP contribution in [0.5, 0.6) is 5.75 Å². The minimum absolute atomic E-state index is 0.117. The van der Waals surface area contributed by atoms with Crippen LogP contribution >= 0.6 is 0 Å². The number of hydrogen-bond donors (Lipinski definition) is 1. The van der Waals surface area contributed by atoms with Gasteiger partial charge >= 0.3 is 0 Å². The van der Waals surface area contributed by atoms with Crippen LogP contribution in [0.4, 0.5) is 0 Å². The molecule has 4 heterocycles. The van der Waals surface area contributed by atoms with Gasteiger partial charge in [-0.15, -0.1) is 0 Å². The maximum Gasteiger partial charge on any atom is 0.287 e. The van der Waals surface area contributed by atoms with Crippen LogP contribution in [0.1, 0.15) is 43.2 Å². The third-order valence-corrected chi connectivity index (χ3v) is 6.67. The number of benzene rings is 2. The van der Waals surface area contributed by atoms with Crippen molar-refractivity contribution in [2.24, 2.45) is 5.92 Å². The van der Waals surface area contributed by atoms with Gasteiger partial charge in [0.25, 0.3) is 5.91 Å². The van der Waals surface area contributed by atoms with E-state index in [2.05, 4.69) is 17.1 Å². The molecule has 0 saturated carbocycles. The molecule has 3 aliphatic heterocycles. The van der Waals surface area contributed by atoms with E-state index in [-0.39, 0.29) is 11.9 Å². The van der Waals surface area contributed by atoms with Gasteiger partial charge in [-0.1, -0.05) is 49.7 Å². The molecule has 1 amide bonds. The van der Waals surface area contributed by atoms with Crippen LogP contribution in [0.3, 0.4) is 0 Å². The number of nitrogens with zero attached hydrogens (tertiary/aromatic N) is 1. The maximum absolute atomic E-state index is 13.0. The third-order valence-electron chi connectivity index (χ3n) is 6.67. The Labute approximate surface area is 183 Å². The monoisotopic (exact) mass is 418 g/mol. The standard InChI is InChI=1S/C26H30N2O3/c1-2-3-15-30-23-10-5-4-8-20(23)21-9-6-7-19-16-24(31-25(19)21)26(29)27-22-17-28-13-11-18(22)12-14-28/h4-10,16,18,22H,2-3,11-15,17H2,1H3,(H,27,29)/t22-/m0/s1. The molecule has 31 heavy (non-hydrogen) atoms. The summed E-state index contributed by atoms with van der Waals surface area (Å²) in [4.78, 5) is 15.4. The predicted molar refractivity (Wildman–Crippen MR) is 122 cm³/mol. The Morgan fingerprint density at radius 2 is 1.94 bits per heavy atom. The van der Waals surface area contributed by atoms with E-state index < -0.39 is 0 Å². The number of hydrogen-bond acceptors (Lipinski definition) is 4. The number of para-hydroxylation sites is 2. The Balaban J connectivity index is 1.41. The Morgan fingerprint density at radius 3 is 2.71 bits per heavy atom. The number of furan rings is 1. The zero-order chi connectivity index (χ0) is 21.2. The quantitative estimate of drug-likeness (QED) is 0.542. The first-order chi connectivity index (χ1) is 15.2. The van der Waals surface area contributed by atoms with Crippen LogP contribution < -0.4 is 10.1 Å². The van der Waals surface area contributed by atoms with Gasteiger partial charge in [0.05, 0.1) is 6.61 Å². The number of rotatable bonds is 7. The molecule has 5 nitrogen and oxygen atoms in total. The molecule has 3 aliphatic rings. The first kappa shape index (κ1) is 20.1. The SMILES string of the molecule is CCCCOc1ccccc1-c1cccc2cc(C(=O)N[C@H]3CN4CCC3CC4)oc12. The van der Waals surface area contributed by atoms with Crippen LogP contribution in [-0.2, 0) is 0 Å². The number of carbonyl (C=O) groups excluding carboxylic acids is 1. The first-order valence-corrected chi connectivity index (χ1v) is 11.5. The summed E-state index contributed by atoms with van der Waals surface area (Å²) in [6.45, 7) is 6.11. The zero-order valence-corrected chi connectivity index (χ0v) is 18.1. The Hall–Kier alpha value is -2.79. The fourth-order valence-electron chi connectivity index (χ4n) is 4.90. The van der Waals surface area contributed by atoms with Gasteiger partial charge in [0.2, 0.25) is 0 Å². The van der Waals surface area contributed by atoms with Crippen molar-refractivity contribution in [3.8, 4) is 16.9 Å². The number of nitrogens with one attached hydrogen (secondary N) is 1. The lowest BCUT2D eigenvalue weighted by Gasteiger charge is -2.44. The summed E-state index contributed by atoms with van der Waals surface area (Å²) >= 11 is 0. The van der Waals surface area contributed by atoms with Gasteiger partial charge in [0.1, 0.15) is 11.3 Å². The predicted octanol–water partition coefficient (Wildman–Crippen LogP) is 5.10. The molecule has 3 aromatic rings. The van der Waals surface area contributed by atoms with E-state index in [0.717, 1.165) is 60.3 Å². The molecule has 2 aromatic carbocycles. The molecule has 3 saturated heterocycles. The van der Waals surface area contributed by atoms with E-state index in [9.17, 15) is 4.79 Å².